The fourth-order valence-corrected chi connectivity index (χ4v) is 3.08. The maximum absolute atomic E-state index is 6.04. The SMILES string of the molecule is CC1CCC(CN)(N(C)Cc2ccccc2)C1. The number of benzene rings is 1. The lowest BCUT2D eigenvalue weighted by Crippen LogP contribution is -2.49. The highest BCUT2D eigenvalue weighted by Crippen LogP contribution is 2.38. The van der Waals surface area contributed by atoms with Gasteiger partial charge in [-0.2, -0.15) is 0 Å². The maximum atomic E-state index is 6.04. The molecule has 0 aliphatic heterocycles. The second-order valence-corrected chi connectivity index (χ2v) is 5.62. The Morgan fingerprint density at radius 3 is 2.59 bits per heavy atom. The van der Waals surface area contributed by atoms with E-state index in [-0.39, 0.29) is 5.54 Å². The minimum Gasteiger partial charge on any atom is -0.329 e. The van der Waals surface area contributed by atoms with Gasteiger partial charge in [-0.05, 0) is 37.8 Å². The third-order valence-corrected chi connectivity index (χ3v) is 4.28. The molecule has 2 heteroatoms. The smallest absolute Gasteiger partial charge is 0.0334 e. The van der Waals surface area contributed by atoms with Crippen molar-refractivity contribution >= 4 is 0 Å². The zero-order chi connectivity index (χ0) is 12.3. The van der Waals surface area contributed by atoms with Crippen LogP contribution in [0, 0.1) is 5.92 Å². The number of nitrogens with zero attached hydrogens (tertiary/aromatic N) is 1. The van der Waals surface area contributed by atoms with Gasteiger partial charge in [0.25, 0.3) is 0 Å². The minimum atomic E-state index is 0.231. The molecule has 1 aliphatic rings. The Morgan fingerprint density at radius 1 is 1.35 bits per heavy atom. The van der Waals surface area contributed by atoms with Crippen molar-refractivity contribution in [2.75, 3.05) is 13.6 Å². The monoisotopic (exact) mass is 232 g/mol. The molecule has 0 aromatic heterocycles. The first-order valence-electron chi connectivity index (χ1n) is 6.61. The topological polar surface area (TPSA) is 29.3 Å². The molecule has 1 fully saturated rings. The van der Waals surface area contributed by atoms with Crippen LogP contribution in [0.5, 0.6) is 0 Å². The number of likely N-dealkylation sites (N-methyl/N-ethyl adjacent to an activating group) is 1. The van der Waals surface area contributed by atoms with E-state index in [1.807, 2.05) is 0 Å². The molecule has 0 amide bonds. The summed E-state index contributed by atoms with van der Waals surface area (Å²) in [5.41, 5.74) is 7.65. The van der Waals surface area contributed by atoms with Crippen molar-refractivity contribution in [1.82, 2.24) is 4.90 Å². The first-order chi connectivity index (χ1) is 8.16. The highest BCUT2D eigenvalue weighted by molar-refractivity contribution is 5.15. The number of hydrogen-bond acceptors (Lipinski definition) is 2. The van der Waals surface area contributed by atoms with Gasteiger partial charge in [0.1, 0.15) is 0 Å². The summed E-state index contributed by atoms with van der Waals surface area (Å²) >= 11 is 0. The van der Waals surface area contributed by atoms with Gasteiger partial charge in [0, 0.05) is 18.6 Å². The van der Waals surface area contributed by atoms with Gasteiger partial charge in [0.05, 0.1) is 0 Å². The van der Waals surface area contributed by atoms with Gasteiger partial charge in [-0.15, -0.1) is 0 Å². The van der Waals surface area contributed by atoms with Gasteiger partial charge >= 0.3 is 0 Å². The van der Waals surface area contributed by atoms with Crippen molar-refractivity contribution in [3.8, 4) is 0 Å². The number of rotatable bonds is 4. The van der Waals surface area contributed by atoms with Crippen LogP contribution in [0.25, 0.3) is 0 Å². The molecule has 2 nitrogen and oxygen atoms in total. The average molecular weight is 232 g/mol. The Balaban J connectivity index is 2.06. The van der Waals surface area contributed by atoms with E-state index in [1.165, 1.54) is 24.8 Å². The van der Waals surface area contributed by atoms with E-state index in [1.54, 1.807) is 0 Å². The molecule has 0 bridgehead atoms. The van der Waals surface area contributed by atoms with E-state index in [0.29, 0.717) is 0 Å². The van der Waals surface area contributed by atoms with Crippen molar-refractivity contribution in [3.63, 3.8) is 0 Å². The lowest BCUT2D eigenvalue weighted by Gasteiger charge is -2.38. The molecule has 1 aliphatic carbocycles. The fourth-order valence-electron chi connectivity index (χ4n) is 3.08. The molecule has 1 saturated carbocycles. The van der Waals surface area contributed by atoms with Crippen LogP contribution >= 0.6 is 0 Å². The van der Waals surface area contributed by atoms with E-state index < -0.39 is 0 Å². The second kappa shape index (κ2) is 5.19. The van der Waals surface area contributed by atoms with Gasteiger partial charge in [0.15, 0.2) is 0 Å². The van der Waals surface area contributed by atoms with Gasteiger partial charge < -0.3 is 5.73 Å². The Kier molecular flexibility index (Phi) is 3.85. The maximum Gasteiger partial charge on any atom is 0.0334 e. The average Bonchev–Trinajstić information content (AvgIpc) is 2.73. The van der Waals surface area contributed by atoms with Gasteiger partial charge in [-0.1, -0.05) is 37.3 Å². The van der Waals surface area contributed by atoms with Gasteiger partial charge in [0.2, 0.25) is 0 Å². The number of nitrogens with two attached hydrogens (primary N) is 1. The van der Waals surface area contributed by atoms with E-state index in [0.717, 1.165) is 19.0 Å². The van der Waals surface area contributed by atoms with Crippen LogP contribution in [0.1, 0.15) is 31.7 Å². The Labute approximate surface area is 105 Å². The quantitative estimate of drug-likeness (QED) is 0.864. The Morgan fingerprint density at radius 2 is 2.06 bits per heavy atom. The number of hydrogen-bond donors (Lipinski definition) is 1. The summed E-state index contributed by atoms with van der Waals surface area (Å²) in [5.74, 6) is 0.816. The van der Waals surface area contributed by atoms with Crippen molar-refractivity contribution in [2.24, 2.45) is 11.7 Å². The minimum absolute atomic E-state index is 0.231. The van der Waals surface area contributed by atoms with Crippen molar-refractivity contribution in [1.29, 1.82) is 0 Å². The molecule has 0 radical (unpaired) electrons. The molecular formula is C15H24N2. The van der Waals surface area contributed by atoms with Crippen LogP contribution in [-0.2, 0) is 6.54 Å². The van der Waals surface area contributed by atoms with E-state index in [9.17, 15) is 0 Å². The first kappa shape index (κ1) is 12.6. The van der Waals surface area contributed by atoms with Crippen LogP contribution < -0.4 is 5.73 Å². The normalized spacial score (nSPS) is 28.8. The molecule has 94 valence electrons. The largest absolute Gasteiger partial charge is 0.329 e. The Hall–Kier alpha value is -0.860. The van der Waals surface area contributed by atoms with Gasteiger partial charge in [-0.25, -0.2) is 0 Å². The standard InChI is InChI=1S/C15H24N2/c1-13-8-9-15(10-13,12-16)17(2)11-14-6-4-3-5-7-14/h3-7,13H,8-12,16H2,1-2H3. The van der Waals surface area contributed by atoms with Crippen LogP contribution in [0.2, 0.25) is 0 Å². The molecule has 17 heavy (non-hydrogen) atoms. The third-order valence-electron chi connectivity index (χ3n) is 4.28. The highest BCUT2D eigenvalue weighted by Gasteiger charge is 2.39. The molecule has 2 rings (SSSR count). The summed E-state index contributed by atoms with van der Waals surface area (Å²) < 4.78 is 0. The molecule has 0 heterocycles. The van der Waals surface area contributed by atoms with Crippen LogP contribution in [0.3, 0.4) is 0 Å². The van der Waals surface area contributed by atoms with Gasteiger partial charge in [-0.3, -0.25) is 4.90 Å². The third kappa shape index (κ3) is 2.70. The summed E-state index contributed by atoms with van der Waals surface area (Å²) in [6.07, 6.45) is 3.80. The van der Waals surface area contributed by atoms with Crippen molar-refractivity contribution in [2.45, 2.75) is 38.3 Å². The first-order valence-corrected chi connectivity index (χ1v) is 6.61. The summed E-state index contributed by atoms with van der Waals surface area (Å²) in [6.45, 7) is 4.12. The van der Waals surface area contributed by atoms with Crippen molar-refractivity contribution < 1.29 is 0 Å². The van der Waals surface area contributed by atoms with E-state index in [4.69, 9.17) is 5.73 Å². The predicted octanol–water partition coefficient (Wildman–Crippen LogP) is 2.64. The summed E-state index contributed by atoms with van der Waals surface area (Å²) in [7, 11) is 2.22. The van der Waals surface area contributed by atoms with Crippen LogP contribution in [-0.4, -0.2) is 24.0 Å². The molecule has 0 saturated heterocycles. The molecule has 0 spiro atoms. The van der Waals surface area contributed by atoms with Crippen LogP contribution in [0.15, 0.2) is 30.3 Å². The van der Waals surface area contributed by atoms with Crippen LogP contribution in [0.4, 0.5) is 0 Å². The lowest BCUT2D eigenvalue weighted by molar-refractivity contribution is 0.120. The summed E-state index contributed by atoms with van der Waals surface area (Å²) in [6, 6.07) is 10.7. The molecule has 2 unspecified atom stereocenters. The summed E-state index contributed by atoms with van der Waals surface area (Å²) in [5, 5.41) is 0. The fraction of sp³-hybridized carbons (Fsp3) is 0.600. The summed E-state index contributed by atoms with van der Waals surface area (Å²) in [4.78, 5) is 2.46. The molecule has 1 aromatic rings. The lowest BCUT2D eigenvalue weighted by atomic mass is 9.94. The molecule has 2 atom stereocenters. The zero-order valence-corrected chi connectivity index (χ0v) is 11.0. The molecule has 1 aromatic carbocycles. The Bertz CT molecular complexity index is 349. The zero-order valence-electron chi connectivity index (χ0n) is 11.0. The van der Waals surface area contributed by atoms with Crippen molar-refractivity contribution in [3.05, 3.63) is 35.9 Å². The van der Waals surface area contributed by atoms with E-state index in [2.05, 4.69) is 49.2 Å². The molecule has 2 N–H and O–H groups in total. The van der Waals surface area contributed by atoms with E-state index >= 15 is 0 Å². The highest BCUT2D eigenvalue weighted by atomic mass is 15.2. The second-order valence-electron chi connectivity index (χ2n) is 5.62. The molecular weight excluding hydrogens is 208 g/mol. The predicted molar refractivity (Wildman–Crippen MR) is 72.7 cm³/mol.